The number of carbonyl (C=O) groups excluding carboxylic acids is 1. The van der Waals surface area contributed by atoms with Gasteiger partial charge in [0, 0.05) is 18.5 Å². The Hall–Kier alpha value is -2.30. The molecular formula is C17H20N2O3. The second-order valence-electron chi connectivity index (χ2n) is 5.85. The third kappa shape index (κ3) is 2.58. The van der Waals surface area contributed by atoms with Gasteiger partial charge >= 0.3 is 0 Å². The van der Waals surface area contributed by atoms with Crippen LogP contribution in [0.3, 0.4) is 0 Å². The molecule has 22 heavy (non-hydrogen) atoms. The predicted octanol–water partition coefficient (Wildman–Crippen LogP) is 3.39. The zero-order valence-corrected chi connectivity index (χ0v) is 13.1. The second kappa shape index (κ2) is 5.83. The quantitative estimate of drug-likeness (QED) is 0.868. The average Bonchev–Trinajstić information content (AvgIpc) is 2.96. The van der Waals surface area contributed by atoms with E-state index in [2.05, 4.69) is 5.16 Å². The Morgan fingerprint density at radius 2 is 2.23 bits per heavy atom. The van der Waals surface area contributed by atoms with Crippen LogP contribution in [0, 0.1) is 0 Å². The van der Waals surface area contributed by atoms with Crippen molar-refractivity contribution in [1.29, 1.82) is 0 Å². The molecular weight excluding hydrogens is 280 g/mol. The van der Waals surface area contributed by atoms with Crippen LogP contribution in [-0.2, 0) is 0 Å². The number of amides is 1. The molecule has 1 aliphatic rings. The largest absolute Gasteiger partial charge is 0.497 e. The fourth-order valence-corrected chi connectivity index (χ4v) is 2.64. The van der Waals surface area contributed by atoms with Gasteiger partial charge in [-0.2, -0.15) is 0 Å². The number of benzene rings is 1. The van der Waals surface area contributed by atoms with E-state index in [1.54, 1.807) is 13.2 Å². The molecule has 1 saturated heterocycles. The lowest BCUT2D eigenvalue weighted by molar-refractivity contribution is 0.0449. The summed E-state index contributed by atoms with van der Waals surface area (Å²) >= 11 is 0. The highest BCUT2D eigenvalue weighted by atomic mass is 16.5. The first-order valence-corrected chi connectivity index (χ1v) is 7.51. The van der Waals surface area contributed by atoms with Crippen LogP contribution in [0.4, 0.5) is 0 Å². The molecule has 1 aromatic heterocycles. The van der Waals surface area contributed by atoms with Crippen LogP contribution in [0.5, 0.6) is 5.75 Å². The van der Waals surface area contributed by atoms with Gasteiger partial charge in [0.2, 0.25) is 0 Å². The zero-order valence-electron chi connectivity index (χ0n) is 13.1. The van der Waals surface area contributed by atoms with E-state index in [0.717, 1.165) is 30.0 Å². The topological polar surface area (TPSA) is 55.6 Å². The van der Waals surface area contributed by atoms with Crippen molar-refractivity contribution in [3.8, 4) is 5.75 Å². The van der Waals surface area contributed by atoms with Crippen molar-refractivity contribution in [1.82, 2.24) is 10.1 Å². The van der Waals surface area contributed by atoms with Crippen LogP contribution in [0.2, 0.25) is 0 Å². The number of aromatic nitrogens is 1. The highest BCUT2D eigenvalue weighted by Gasteiger charge is 2.35. The molecule has 1 fully saturated rings. The van der Waals surface area contributed by atoms with E-state index in [1.165, 1.54) is 0 Å². The Morgan fingerprint density at radius 3 is 2.82 bits per heavy atom. The molecule has 0 saturated carbocycles. The van der Waals surface area contributed by atoms with E-state index in [0.29, 0.717) is 5.69 Å². The summed E-state index contributed by atoms with van der Waals surface area (Å²) in [5.74, 6) is 1.69. The molecule has 116 valence electrons. The molecule has 5 heteroatoms. The maximum absolute atomic E-state index is 12.6. The van der Waals surface area contributed by atoms with Gasteiger partial charge in [0.05, 0.1) is 13.2 Å². The summed E-state index contributed by atoms with van der Waals surface area (Å²) < 4.78 is 10.5. The van der Waals surface area contributed by atoms with Crippen molar-refractivity contribution in [3.05, 3.63) is 47.3 Å². The van der Waals surface area contributed by atoms with Crippen LogP contribution in [0.25, 0.3) is 0 Å². The second-order valence-corrected chi connectivity index (χ2v) is 5.85. The molecule has 2 heterocycles. The number of ether oxygens (including phenoxy) is 1. The molecule has 0 bridgehead atoms. The summed E-state index contributed by atoms with van der Waals surface area (Å²) in [7, 11) is 1.64. The van der Waals surface area contributed by atoms with Gasteiger partial charge in [0.15, 0.2) is 5.69 Å². The minimum atomic E-state index is -0.0743. The van der Waals surface area contributed by atoms with Crippen LogP contribution in [0.15, 0.2) is 34.9 Å². The molecule has 0 aliphatic carbocycles. The fourth-order valence-electron chi connectivity index (χ4n) is 2.64. The van der Waals surface area contributed by atoms with Crippen LogP contribution < -0.4 is 4.74 Å². The van der Waals surface area contributed by atoms with E-state index in [4.69, 9.17) is 9.26 Å². The fraction of sp³-hybridized carbons (Fsp3) is 0.412. The summed E-state index contributed by atoms with van der Waals surface area (Å²) in [6, 6.07) is 9.68. The maximum Gasteiger partial charge on any atom is 0.276 e. The summed E-state index contributed by atoms with van der Waals surface area (Å²) in [5.41, 5.74) is 1.47. The third-order valence-electron chi connectivity index (χ3n) is 4.08. The molecule has 0 unspecified atom stereocenters. The van der Waals surface area contributed by atoms with Crippen LogP contribution in [-0.4, -0.2) is 29.6 Å². The average molecular weight is 300 g/mol. The van der Waals surface area contributed by atoms with Crippen LogP contribution >= 0.6 is 0 Å². The van der Waals surface area contributed by atoms with Crippen molar-refractivity contribution in [2.45, 2.75) is 32.2 Å². The summed E-state index contributed by atoms with van der Waals surface area (Å²) in [4.78, 5) is 14.4. The molecule has 5 nitrogen and oxygen atoms in total. The van der Waals surface area contributed by atoms with Crippen molar-refractivity contribution < 1.29 is 14.1 Å². The lowest BCUT2D eigenvalue weighted by Crippen LogP contribution is -2.45. The normalized spacial score (nSPS) is 17.5. The number of likely N-dealkylation sites (tertiary alicyclic amines) is 1. The zero-order chi connectivity index (χ0) is 15.7. The predicted molar refractivity (Wildman–Crippen MR) is 82.0 cm³/mol. The van der Waals surface area contributed by atoms with Crippen molar-refractivity contribution in [2.24, 2.45) is 0 Å². The van der Waals surface area contributed by atoms with Gasteiger partial charge in [-0.15, -0.1) is 0 Å². The highest BCUT2D eigenvalue weighted by molar-refractivity contribution is 5.93. The molecule has 0 spiro atoms. The first-order chi connectivity index (χ1) is 10.6. The van der Waals surface area contributed by atoms with Gasteiger partial charge in [-0.1, -0.05) is 31.1 Å². The molecule has 1 atom stereocenters. The molecule has 0 radical (unpaired) electrons. The third-order valence-corrected chi connectivity index (χ3v) is 4.08. The Morgan fingerprint density at radius 1 is 1.41 bits per heavy atom. The van der Waals surface area contributed by atoms with Crippen LogP contribution in [0.1, 0.15) is 54.0 Å². The number of hydrogen-bond acceptors (Lipinski definition) is 4. The summed E-state index contributed by atoms with van der Waals surface area (Å²) in [5, 5.41) is 3.91. The van der Waals surface area contributed by atoms with E-state index in [9.17, 15) is 4.79 Å². The molecule has 2 aromatic rings. The Labute approximate surface area is 129 Å². The number of rotatable bonds is 4. The van der Waals surface area contributed by atoms with Crippen molar-refractivity contribution in [2.75, 3.05) is 13.7 Å². The van der Waals surface area contributed by atoms with E-state index >= 15 is 0 Å². The van der Waals surface area contributed by atoms with Gasteiger partial charge in [-0.05, 0) is 24.1 Å². The van der Waals surface area contributed by atoms with E-state index < -0.39 is 0 Å². The Balaban J connectivity index is 1.78. The lowest BCUT2D eigenvalue weighted by Gasteiger charge is -2.40. The van der Waals surface area contributed by atoms with Gasteiger partial charge in [-0.3, -0.25) is 4.79 Å². The minimum absolute atomic E-state index is 0.0743. The van der Waals surface area contributed by atoms with Gasteiger partial charge in [0.25, 0.3) is 5.91 Å². The monoisotopic (exact) mass is 300 g/mol. The van der Waals surface area contributed by atoms with Crippen molar-refractivity contribution >= 4 is 5.91 Å². The molecule has 0 N–H and O–H groups in total. The van der Waals surface area contributed by atoms with Gasteiger partial charge in [-0.25, -0.2) is 0 Å². The molecule has 3 rings (SSSR count). The number of methoxy groups -OCH3 is 1. The Kier molecular flexibility index (Phi) is 3.88. The first kappa shape index (κ1) is 14.6. The maximum atomic E-state index is 12.6. The summed E-state index contributed by atoms with van der Waals surface area (Å²) in [6.07, 6.45) is 0.952. The van der Waals surface area contributed by atoms with Gasteiger partial charge < -0.3 is 14.2 Å². The molecule has 1 aliphatic heterocycles. The number of nitrogens with zero attached hydrogens (tertiary/aromatic N) is 2. The highest BCUT2D eigenvalue weighted by Crippen LogP contribution is 2.35. The smallest absolute Gasteiger partial charge is 0.276 e. The lowest BCUT2D eigenvalue weighted by atomic mass is 9.94. The molecule has 1 amide bonds. The Bertz CT molecular complexity index is 678. The molecule has 1 aromatic carbocycles. The number of hydrogen-bond donors (Lipinski definition) is 0. The summed E-state index contributed by atoms with van der Waals surface area (Å²) in [6.45, 7) is 4.76. The standard InChI is InChI=1S/C17H20N2O3/c1-11(2)16-10-14(18-22-16)17(20)19-8-7-15(19)12-5-4-6-13(9-12)21-3/h4-6,9-11,15H,7-8H2,1-3H3/t15-/m1/s1. The SMILES string of the molecule is COc1cccc([C@H]2CCN2C(=O)c2cc(C(C)C)on2)c1. The number of carbonyl (C=O) groups is 1. The van der Waals surface area contributed by atoms with E-state index in [-0.39, 0.29) is 17.9 Å². The van der Waals surface area contributed by atoms with E-state index in [1.807, 2.05) is 43.0 Å². The van der Waals surface area contributed by atoms with Gasteiger partial charge in [0.1, 0.15) is 11.5 Å². The minimum Gasteiger partial charge on any atom is -0.497 e. The van der Waals surface area contributed by atoms with Crippen molar-refractivity contribution in [3.63, 3.8) is 0 Å². The first-order valence-electron chi connectivity index (χ1n) is 7.51.